The summed E-state index contributed by atoms with van der Waals surface area (Å²) < 4.78 is 20.4. The van der Waals surface area contributed by atoms with Crippen LogP contribution in [0, 0.1) is 6.92 Å². The Hall–Kier alpha value is -4.90. The number of carbonyl (C=O) groups excluding carboxylic acids is 3. The molecule has 2 aliphatic rings. The molecule has 2 aromatic heterocycles. The van der Waals surface area contributed by atoms with E-state index >= 15 is 0 Å². The SMILES string of the molecule is CCN1CC(=O)N[C@H]2CN(C(=O)c3cccn4cc(C)nc34)CC[C@@H]2OCc2cccc(c2)Oc2cc(OC(C)C)cc(c2)C1=O. The number of likely N-dealkylation sites (tertiary alicyclic amines) is 1. The van der Waals surface area contributed by atoms with Crippen LogP contribution < -0.4 is 14.8 Å². The highest BCUT2D eigenvalue weighted by molar-refractivity contribution is 6.00. The monoisotopic (exact) mass is 625 g/mol. The molecule has 0 aliphatic carbocycles. The van der Waals surface area contributed by atoms with Gasteiger partial charge in [0.05, 0.1) is 42.7 Å². The first-order valence-electron chi connectivity index (χ1n) is 15.7. The first-order chi connectivity index (χ1) is 22.2. The van der Waals surface area contributed by atoms with Crippen LogP contribution in [0.25, 0.3) is 5.65 Å². The number of hydrogen-bond acceptors (Lipinski definition) is 7. The minimum absolute atomic E-state index is 0.115. The third kappa shape index (κ3) is 6.84. The molecule has 1 fully saturated rings. The number of nitrogens with one attached hydrogen (secondary N) is 1. The normalized spacial score (nSPS) is 19.1. The van der Waals surface area contributed by atoms with Gasteiger partial charge in [0.2, 0.25) is 5.91 Å². The Morgan fingerprint density at radius 2 is 1.96 bits per heavy atom. The predicted molar refractivity (Wildman–Crippen MR) is 171 cm³/mol. The van der Waals surface area contributed by atoms with Crippen molar-refractivity contribution in [2.75, 3.05) is 26.2 Å². The number of fused-ring (bicyclic) bond motifs is 6. The maximum Gasteiger partial charge on any atom is 0.257 e. The summed E-state index contributed by atoms with van der Waals surface area (Å²) in [5, 5.41) is 3.09. The minimum atomic E-state index is -0.498. The summed E-state index contributed by atoms with van der Waals surface area (Å²) in [5.74, 6) is 0.710. The van der Waals surface area contributed by atoms with Gasteiger partial charge in [0.15, 0.2) is 0 Å². The van der Waals surface area contributed by atoms with Gasteiger partial charge in [-0.3, -0.25) is 14.4 Å². The molecular formula is C35H39N5O6. The van der Waals surface area contributed by atoms with E-state index in [0.717, 1.165) is 11.3 Å². The average Bonchev–Trinajstić information content (AvgIpc) is 3.42. The van der Waals surface area contributed by atoms with Crippen molar-refractivity contribution in [3.63, 3.8) is 0 Å². The van der Waals surface area contributed by atoms with E-state index in [4.69, 9.17) is 14.2 Å². The zero-order valence-electron chi connectivity index (χ0n) is 26.6. The molecule has 0 radical (unpaired) electrons. The Labute approximate surface area is 268 Å². The van der Waals surface area contributed by atoms with Crippen LogP contribution in [0.4, 0.5) is 0 Å². The van der Waals surface area contributed by atoms with Crippen molar-refractivity contribution < 1.29 is 28.6 Å². The number of carbonyl (C=O) groups is 3. The second-order valence-electron chi connectivity index (χ2n) is 12.0. The van der Waals surface area contributed by atoms with Gasteiger partial charge in [0, 0.05) is 43.7 Å². The maximum absolute atomic E-state index is 13.8. The number of benzene rings is 2. The highest BCUT2D eigenvalue weighted by Crippen LogP contribution is 2.30. The minimum Gasteiger partial charge on any atom is -0.491 e. The summed E-state index contributed by atoms with van der Waals surface area (Å²) in [6.07, 6.45) is 3.79. The number of imidazole rings is 1. The number of nitrogens with zero attached hydrogens (tertiary/aromatic N) is 4. The largest absolute Gasteiger partial charge is 0.491 e. The molecule has 0 unspecified atom stereocenters. The van der Waals surface area contributed by atoms with Crippen molar-refractivity contribution in [1.82, 2.24) is 24.5 Å². The molecular weight excluding hydrogens is 586 g/mol. The van der Waals surface area contributed by atoms with E-state index in [2.05, 4.69) is 10.3 Å². The van der Waals surface area contributed by atoms with E-state index in [-0.39, 0.29) is 49.6 Å². The molecule has 1 saturated heterocycles. The van der Waals surface area contributed by atoms with Crippen molar-refractivity contribution in [1.29, 1.82) is 0 Å². The van der Waals surface area contributed by atoms with E-state index in [1.807, 2.05) is 74.8 Å². The molecule has 46 heavy (non-hydrogen) atoms. The standard InChI is InChI=1S/C35H39N5O6/c1-5-38-20-32(41)37-30-19-40(35(43)29-10-7-12-39-18-23(4)36-33(29)39)13-11-31(30)44-21-24-8-6-9-26(14-24)46-28-16-25(34(38)42)15-27(17-28)45-22(2)3/h6-10,12,14-18,22,30-31H,5,11,13,19-21H2,1-4H3,(H,37,41)/t30-,31-/m0/s1. The van der Waals surface area contributed by atoms with Gasteiger partial charge < -0.3 is 33.7 Å². The fraction of sp³-hybridized carbons (Fsp3) is 0.371. The van der Waals surface area contributed by atoms with Crippen molar-refractivity contribution in [2.45, 2.75) is 59.0 Å². The maximum atomic E-state index is 13.8. The van der Waals surface area contributed by atoms with Crippen LogP contribution >= 0.6 is 0 Å². The van der Waals surface area contributed by atoms with Crippen LogP contribution in [-0.2, 0) is 16.1 Å². The molecule has 240 valence electrons. The Morgan fingerprint density at radius 3 is 2.76 bits per heavy atom. The summed E-state index contributed by atoms with van der Waals surface area (Å²) in [6.45, 7) is 8.66. The van der Waals surface area contributed by atoms with E-state index in [1.165, 1.54) is 4.90 Å². The van der Waals surface area contributed by atoms with Crippen LogP contribution in [0.2, 0.25) is 0 Å². The Bertz CT molecular complexity index is 1770. The van der Waals surface area contributed by atoms with Crippen molar-refractivity contribution in [2.24, 2.45) is 0 Å². The average molecular weight is 626 g/mol. The summed E-state index contributed by atoms with van der Waals surface area (Å²) >= 11 is 0. The zero-order chi connectivity index (χ0) is 32.4. The fourth-order valence-electron chi connectivity index (χ4n) is 5.99. The molecule has 4 heterocycles. The molecule has 3 amide bonds. The number of pyridine rings is 1. The molecule has 0 spiro atoms. The van der Waals surface area contributed by atoms with Crippen LogP contribution in [0.3, 0.4) is 0 Å². The van der Waals surface area contributed by atoms with E-state index in [9.17, 15) is 14.4 Å². The molecule has 0 saturated carbocycles. The Morgan fingerprint density at radius 1 is 1.11 bits per heavy atom. The molecule has 6 rings (SSSR count). The second-order valence-corrected chi connectivity index (χ2v) is 12.0. The van der Waals surface area contributed by atoms with Crippen LogP contribution in [0.15, 0.2) is 67.0 Å². The van der Waals surface area contributed by atoms with Crippen molar-refractivity contribution in [3.05, 3.63) is 89.4 Å². The molecule has 11 heteroatoms. The molecule has 2 aliphatic heterocycles. The van der Waals surface area contributed by atoms with Gasteiger partial charge in [0.1, 0.15) is 22.9 Å². The number of hydrogen-bond donors (Lipinski definition) is 1. The van der Waals surface area contributed by atoms with Gasteiger partial charge >= 0.3 is 0 Å². The quantitative estimate of drug-likeness (QED) is 0.352. The van der Waals surface area contributed by atoms with Gasteiger partial charge in [0.25, 0.3) is 11.8 Å². The molecule has 4 bridgehead atoms. The molecule has 2 aromatic carbocycles. The molecule has 2 atom stereocenters. The summed E-state index contributed by atoms with van der Waals surface area (Å²) in [6, 6.07) is 15.8. The third-order valence-corrected chi connectivity index (χ3v) is 8.12. The predicted octanol–water partition coefficient (Wildman–Crippen LogP) is 4.61. The van der Waals surface area contributed by atoms with E-state index < -0.39 is 6.04 Å². The summed E-state index contributed by atoms with van der Waals surface area (Å²) in [7, 11) is 0. The lowest BCUT2D eigenvalue weighted by Crippen LogP contribution is -2.58. The molecule has 4 aromatic rings. The Kier molecular flexibility index (Phi) is 8.94. The lowest BCUT2D eigenvalue weighted by molar-refractivity contribution is -0.124. The molecule has 1 N–H and O–H groups in total. The van der Waals surface area contributed by atoms with Crippen LogP contribution in [0.1, 0.15) is 59.2 Å². The highest BCUT2D eigenvalue weighted by Gasteiger charge is 2.35. The number of amides is 3. The van der Waals surface area contributed by atoms with E-state index in [0.29, 0.717) is 53.5 Å². The van der Waals surface area contributed by atoms with Crippen molar-refractivity contribution in [3.8, 4) is 17.2 Å². The van der Waals surface area contributed by atoms with Crippen molar-refractivity contribution >= 4 is 23.4 Å². The highest BCUT2D eigenvalue weighted by atomic mass is 16.5. The number of rotatable bonds is 4. The number of piperidine rings is 1. The lowest BCUT2D eigenvalue weighted by Gasteiger charge is -2.39. The van der Waals surface area contributed by atoms with Crippen LogP contribution in [-0.4, -0.2) is 81.3 Å². The topological polar surface area (TPSA) is 115 Å². The van der Waals surface area contributed by atoms with Gasteiger partial charge in [-0.1, -0.05) is 12.1 Å². The van der Waals surface area contributed by atoms with Crippen LogP contribution in [0.5, 0.6) is 17.2 Å². The number of ether oxygens (including phenoxy) is 3. The number of likely N-dealkylation sites (N-methyl/N-ethyl adjacent to an activating group) is 1. The van der Waals surface area contributed by atoms with E-state index in [1.54, 1.807) is 29.2 Å². The zero-order valence-corrected chi connectivity index (χ0v) is 26.6. The van der Waals surface area contributed by atoms with Gasteiger partial charge in [-0.2, -0.15) is 0 Å². The smallest absolute Gasteiger partial charge is 0.257 e. The lowest BCUT2D eigenvalue weighted by atomic mass is 10.0. The van der Waals surface area contributed by atoms with Gasteiger partial charge in [-0.15, -0.1) is 0 Å². The number of aryl methyl sites for hydroxylation is 1. The summed E-state index contributed by atoms with van der Waals surface area (Å²) in [4.78, 5) is 48.8. The molecule has 11 nitrogen and oxygen atoms in total. The third-order valence-electron chi connectivity index (χ3n) is 8.12. The summed E-state index contributed by atoms with van der Waals surface area (Å²) in [5.41, 5.74) is 3.15. The van der Waals surface area contributed by atoms with Gasteiger partial charge in [-0.25, -0.2) is 4.98 Å². The first-order valence-corrected chi connectivity index (χ1v) is 15.7. The first kappa shape index (κ1) is 31.1. The Balaban J connectivity index is 1.30. The second kappa shape index (κ2) is 13.2. The van der Waals surface area contributed by atoms with Gasteiger partial charge in [-0.05, 0) is 76.1 Å². The fourth-order valence-corrected chi connectivity index (χ4v) is 5.99. The number of aromatic nitrogens is 2.